The highest BCUT2D eigenvalue weighted by atomic mass is 16.6. The maximum atomic E-state index is 5.58. The van der Waals surface area contributed by atoms with Crippen molar-refractivity contribution in [1.29, 1.82) is 0 Å². The smallest absolute Gasteiger partial charge is 0.0984 e. The monoisotopic (exact) mass is 516 g/mol. The molecule has 5 fully saturated rings. The first-order valence-corrected chi connectivity index (χ1v) is 14.7. The third-order valence-electron chi connectivity index (χ3n) is 10.1. The first-order chi connectivity index (χ1) is 18.5. The van der Waals surface area contributed by atoms with Gasteiger partial charge < -0.3 is 28.7 Å². The fourth-order valence-corrected chi connectivity index (χ4v) is 8.01. The number of anilines is 2. The summed E-state index contributed by atoms with van der Waals surface area (Å²) in [5.41, 5.74) is 7.47. The summed E-state index contributed by atoms with van der Waals surface area (Å²) in [5.74, 6) is 2.38. The molecule has 0 amide bonds. The molecule has 2 aromatic rings. The van der Waals surface area contributed by atoms with Crippen LogP contribution in [0, 0.1) is 11.3 Å². The molecule has 8 atom stereocenters. The predicted molar refractivity (Wildman–Crippen MR) is 147 cm³/mol. The van der Waals surface area contributed by atoms with Gasteiger partial charge in [-0.25, -0.2) is 0 Å². The fraction of sp³-hybridized carbons (Fsp3) is 0.625. The van der Waals surface area contributed by atoms with Gasteiger partial charge >= 0.3 is 0 Å². The van der Waals surface area contributed by atoms with Crippen molar-refractivity contribution in [3.63, 3.8) is 0 Å². The van der Waals surface area contributed by atoms with Crippen LogP contribution in [-0.4, -0.2) is 77.0 Å². The Hall–Kier alpha value is -2.12. The average Bonchev–Trinajstić information content (AvgIpc) is 3.71. The number of fused-ring (bicyclic) bond motifs is 4. The summed E-state index contributed by atoms with van der Waals surface area (Å²) in [5, 5.41) is 0. The zero-order valence-corrected chi connectivity index (χ0v) is 22.8. The van der Waals surface area contributed by atoms with Gasteiger partial charge in [-0.15, -0.1) is 0 Å². The van der Waals surface area contributed by atoms with Crippen LogP contribution in [0.3, 0.4) is 0 Å². The summed E-state index contributed by atoms with van der Waals surface area (Å²) >= 11 is 0. The molecule has 6 heteroatoms. The minimum atomic E-state index is 0.215. The van der Waals surface area contributed by atoms with Gasteiger partial charge in [0, 0.05) is 37.6 Å². The van der Waals surface area contributed by atoms with Crippen LogP contribution < -0.4 is 9.80 Å². The van der Waals surface area contributed by atoms with Crippen LogP contribution in [0.2, 0.25) is 0 Å². The van der Waals surface area contributed by atoms with E-state index in [1.54, 1.807) is 11.1 Å². The number of hydrogen-bond donors (Lipinski definition) is 0. The lowest BCUT2D eigenvalue weighted by Gasteiger charge is -2.43. The van der Waals surface area contributed by atoms with Crippen LogP contribution >= 0.6 is 0 Å². The second-order valence-corrected chi connectivity index (χ2v) is 13.2. The van der Waals surface area contributed by atoms with Gasteiger partial charge in [-0.3, -0.25) is 0 Å². The lowest BCUT2D eigenvalue weighted by molar-refractivity contribution is 0.266. The van der Waals surface area contributed by atoms with Crippen LogP contribution in [-0.2, 0) is 18.9 Å². The quantitative estimate of drug-likeness (QED) is 0.409. The standard InChI is InChI=1S/C32H40N2O4/c1-19-29-28-10-22(34(13-25-17-37-25)14-26-18-38-26)8-9-27(28)31(29)32(2,3)30(19)20-4-6-21(7-5-20)33(11-23-15-35-23)12-24-16-36-24/h4-10,19,23-26,29-31H,11-18H2,1-3H3. The molecule has 1 saturated carbocycles. The van der Waals surface area contributed by atoms with E-state index < -0.39 is 0 Å². The molecule has 38 heavy (non-hydrogen) atoms. The fourth-order valence-electron chi connectivity index (χ4n) is 8.01. The van der Waals surface area contributed by atoms with Gasteiger partial charge in [-0.1, -0.05) is 39.0 Å². The third kappa shape index (κ3) is 4.25. The molecule has 0 spiro atoms. The number of nitrogens with zero attached hydrogens (tertiary/aromatic N) is 2. The molecular formula is C32H40N2O4. The molecule has 2 aromatic carbocycles. The molecule has 4 heterocycles. The van der Waals surface area contributed by atoms with Gasteiger partial charge in [0.15, 0.2) is 0 Å². The number of hydrogen-bond acceptors (Lipinski definition) is 6. The largest absolute Gasteiger partial charge is 0.371 e. The van der Waals surface area contributed by atoms with Gasteiger partial charge in [-0.05, 0) is 70.0 Å². The van der Waals surface area contributed by atoms with Crippen LogP contribution in [0.1, 0.15) is 55.2 Å². The van der Waals surface area contributed by atoms with Crippen molar-refractivity contribution in [3.8, 4) is 0 Å². The number of rotatable bonds is 11. The van der Waals surface area contributed by atoms with E-state index in [1.165, 1.54) is 16.9 Å². The average molecular weight is 517 g/mol. The predicted octanol–water partition coefficient (Wildman–Crippen LogP) is 4.54. The number of epoxide rings is 4. The van der Waals surface area contributed by atoms with E-state index in [4.69, 9.17) is 18.9 Å². The molecule has 0 aromatic heterocycles. The van der Waals surface area contributed by atoms with Crippen molar-refractivity contribution in [2.24, 2.45) is 11.3 Å². The topological polar surface area (TPSA) is 56.6 Å². The Morgan fingerprint density at radius 2 is 1.13 bits per heavy atom. The van der Waals surface area contributed by atoms with Crippen LogP contribution in [0.5, 0.6) is 0 Å². The molecule has 0 bridgehead atoms. The molecule has 4 saturated heterocycles. The molecule has 0 N–H and O–H groups in total. The molecule has 2 aliphatic carbocycles. The second-order valence-electron chi connectivity index (χ2n) is 13.2. The maximum absolute atomic E-state index is 5.58. The highest BCUT2D eigenvalue weighted by Gasteiger charge is 2.60. The summed E-state index contributed by atoms with van der Waals surface area (Å²) in [6.45, 7) is 14.9. The van der Waals surface area contributed by atoms with Gasteiger partial charge in [0.2, 0.25) is 0 Å². The number of benzene rings is 2. The minimum Gasteiger partial charge on any atom is -0.371 e. The highest BCUT2D eigenvalue weighted by molar-refractivity contribution is 5.61. The van der Waals surface area contributed by atoms with E-state index in [1.807, 2.05) is 0 Å². The molecular weight excluding hydrogens is 476 g/mol. The molecule has 0 radical (unpaired) electrons. The maximum Gasteiger partial charge on any atom is 0.0984 e. The Balaban J connectivity index is 1.04. The zero-order chi connectivity index (χ0) is 25.6. The van der Waals surface area contributed by atoms with Crippen molar-refractivity contribution < 1.29 is 18.9 Å². The van der Waals surface area contributed by atoms with Gasteiger partial charge in [0.1, 0.15) is 0 Å². The van der Waals surface area contributed by atoms with Crippen molar-refractivity contribution in [2.45, 2.75) is 62.9 Å². The molecule has 8 rings (SSSR count). The highest BCUT2D eigenvalue weighted by Crippen LogP contribution is 2.72. The van der Waals surface area contributed by atoms with E-state index in [-0.39, 0.29) is 5.41 Å². The molecule has 6 nitrogen and oxygen atoms in total. The zero-order valence-electron chi connectivity index (χ0n) is 22.8. The van der Waals surface area contributed by atoms with E-state index in [0.717, 1.165) is 52.6 Å². The second kappa shape index (κ2) is 8.69. The Kier molecular flexibility index (Phi) is 5.43. The van der Waals surface area contributed by atoms with Crippen molar-refractivity contribution in [1.82, 2.24) is 0 Å². The number of ether oxygens (including phenoxy) is 4. The van der Waals surface area contributed by atoms with Crippen molar-refractivity contribution in [3.05, 3.63) is 59.2 Å². The molecule has 202 valence electrons. The summed E-state index contributed by atoms with van der Waals surface area (Å²) in [6.07, 6.45) is 1.53. The van der Waals surface area contributed by atoms with E-state index in [2.05, 4.69) is 73.0 Å². The Morgan fingerprint density at radius 3 is 1.63 bits per heavy atom. The summed E-state index contributed by atoms with van der Waals surface area (Å²) < 4.78 is 22.2. The lowest BCUT2D eigenvalue weighted by Crippen LogP contribution is -2.34. The van der Waals surface area contributed by atoms with Crippen LogP contribution in [0.25, 0.3) is 0 Å². The van der Waals surface area contributed by atoms with Crippen molar-refractivity contribution >= 4 is 11.4 Å². The molecule has 6 aliphatic rings. The van der Waals surface area contributed by atoms with Gasteiger partial charge in [0.05, 0.1) is 50.8 Å². The Bertz CT molecular complexity index is 1170. The van der Waals surface area contributed by atoms with E-state index in [0.29, 0.717) is 48.1 Å². The Morgan fingerprint density at radius 1 is 0.658 bits per heavy atom. The van der Waals surface area contributed by atoms with E-state index >= 15 is 0 Å². The molecule has 4 aliphatic heterocycles. The van der Waals surface area contributed by atoms with Crippen LogP contribution in [0.15, 0.2) is 42.5 Å². The summed E-state index contributed by atoms with van der Waals surface area (Å²) in [7, 11) is 0. The Labute approximate surface area is 226 Å². The summed E-state index contributed by atoms with van der Waals surface area (Å²) in [6, 6.07) is 16.8. The SMILES string of the molecule is CC1C2c3cc(N(CC4CO4)CC4CO4)ccc3C2C(C)(C)C1c1ccc(N(CC2CO2)CC2CO2)cc1. The lowest BCUT2D eigenvalue weighted by atomic mass is 9.61. The van der Waals surface area contributed by atoms with E-state index in [9.17, 15) is 0 Å². The summed E-state index contributed by atoms with van der Waals surface area (Å²) in [4.78, 5) is 4.95. The van der Waals surface area contributed by atoms with Crippen molar-refractivity contribution in [2.75, 3.05) is 62.4 Å². The van der Waals surface area contributed by atoms with Gasteiger partial charge in [-0.2, -0.15) is 0 Å². The third-order valence-corrected chi connectivity index (χ3v) is 10.1. The normalized spacial score (nSPS) is 36.6. The first-order valence-electron chi connectivity index (χ1n) is 14.7. The molecule has 8 unspecified atom stereocenters. The minimum absolute atomic E-state index is 0.215. The first kappa shape index (κ1) is 23.7. The van der Waals surface area contributed by atoms with Gasteiger partial charge in [0.25, 0.3) is 0 Å². The van der Waals surface area contributed by atoms with Crippen LogP contribution in [0.4, 0.5) is 11.4 Å².